The van der Waals surface area contributed by atoms with Crippen molar-refractivity contribution in [3.8, 4) is 5.75 Å². The summed E-state index contributed by atoms with van der Waals surface area (Å²) in [5, 5.41) is 0.0687. The second-order valence-electron chi connectivity index (χ2n) is 2.98. The molecule has 0 fully saturated rings. The van der Waals surface area contributed by atoms with Gasteiger partial charge in [-0.2, -0.15) is 15.0 Å². The number of benzene rings is 1. The van der Waals surface area contributed by atoms with Crippen molar-refractivity contribution in [2.75, 3.05) is 5.73 Å². The van der Waals surface area contributed by atoms with Gasteiger partial charge in [0.25, 0.3) is 0 Å². The standard InChI is InChI=1S/C10H9ClN4O/c11-9-13-8(14-10(12)15-9)6-16-7-4-2-1-3-5-7/h1-5H,6H2,(H2,12,13,14,15). The first-order chi connectivity index (χ1) is 7.74. The number of nitrogens with two attached hydrogens (primary N) is 1. The van der Waals surface area contributed by atoms with Crippen LogP contribution in [0.1, 0.15) is 5.82 Å². The van der Waals surface area contributed by atoms with Gasteiger partial charge in [0.05, 0.1) is 0 Å². The molecule has 0 radical (unpaired) electrons. The van der Waals surface area contributed by atoms with Gasteiger partial charge in [-0.05, 0) is 23.7 Å². The lowest BCUT2D eigenvalue weighted by Crippen LogP contribution is -2.06. The Bertz CT molecular complexity index is 457. The van der Waals surface area contributed by atoms with Crippen LogP contribution in [0.15, 0.2) is 30.3 Å². The lowest BCUT2D eigenvalue weighted by Gasteiger charge is -2.04. The van der Waals surface area contributed by atoms with Crippen molar-refractivity contribution in [2.45, 2.75) is 6.61 Å². The zero-order valence-electron chi connectivity index (χ0n) is 8.30. The molecule has 5 nitrogen and oxygen atoms in total. The number of hydrogen-bond acceptors (Lipinski definition) is 5. The van der Waals surface area contributed by atoms with E-state index in [1.165, 1.54) is 0 Å². The SMILES string of the molecule is Nc1nc(Cl)nc(COc2ccccc2)n1. The maximum Gasteiger partial charge on any atom is 0.227 e. The van der Waals surface area contributed by atoms with Crippen LogP contribution in [0.5, 0.6) is 5.75 Å². The Morgan fingerprint density at radius 1 is 1.12 bits per heavy atom. The Hall–Kier alpha value is -1.88. The molecule has 2 aromatic rings. The van der Waals surface area contributed by atoms with Crippen LogP contribution in [0.3, 0.4) is 0 Å². The lowest BCUT2D eigenvalue weighted by atomic mass is 10.3. The van der Waals surface area contributed by atoms with Crippen LogP contribution in [-0.4, -0.2) is 15.0 Å². The first-order valence-electron chi connectivity index (χ1n) is 4.58. The van der Waals surface area contributed by atoms with Crippen molar-refractivity contribution in [2.24, 2.45) is 0 Å². The third-order valence-electron chi connectivity index (χ3n) is 1.78. The minimum absolute atomic E-state index is 0.0687. The van der Waals surface area contributed by atoms with Crippen LogP contribution < -0.4 is 10.5 Å². The number of anilines is 1. The summed E-state index contributed by atoms with van der Waals surface area (Å²) < 4.78 is 5.44. The van der Waals surface area contributed by atoms with Crippen LogP contribution in [-0.2, 0) is 6.61 Å². The summed E-state index contributed by atoms with van der Waals surface area (Å²) in [6.07, 6.45) is 0. The summed E-state index contributed by atoms with van der Waals surface area (Å²) in [7, 11) is 0. The Labute approximate surface area is 97.3 Å². The van der Waals surface area contributed by atoms with Gasteiger partial charge in [-0.1, -0.05) is 18.2 Å². The largest absolute Gasteiger partial charge is 0.486 e. The Morgan fingerprint density at radius 2 is 1.88 bits per heavy atom. The van der Waals surface area contributed by atoms with E-state index < -0.39 is 0 Å². The van der Waals surface area contributed by atoms with Gasteiger partial charge in [0, 0.05) is 0 Å². The molecule has 0 amide bonds. The number of nitrogen functional groups attached to an aromatic ring is 1. The molecule has 82 valence electrons. The van der Waals surface area contributed by atoms with Gasteiger partial charge in [0.1, 0.15) is 12.4 Å². The fraction of sp³-hybridized carbons (Fsp3) is 0.100. The fourth-order valence-corrected chi connectivity index (χ4v) is 1.32. The highest BCUT2D eigenvalue weighted by atomic mass is 35.5. The van der Waals surface area contributed by atoms with E-state index in [1.54, 1.807) is 0 Å². The summed E-state index contributed by atoms with van der Waals surface area (Å²) >= 11 is 5.63. The highest BCUT2D eigenvalue weighted by molar-refractivity contribution is 6.28. The normalized spacial score (nSPS) is 10.1. The summed E-state index contributed by atoms with van der Waals surface area (Å²) in [4.78, 5) is 11.4. The van der Waals surface area contributed by atoms with Gasteiger partial charge >= 0.3 is 0 Å². The second kappa shape index (κ2) is 4.76. The molecule has 0 saturated carbocycles. The molecule has 16 heavy (non-hydrogen) atoms. The van der Waals surface area contributed by atoms with Crippen molar-refractivity contribution in [3.05, 3.63) is 41.4 Å². The highest BCUT2D eigenvalue weighted by Gasteiger charge is 2.03. The number of hydrogen-bond donors (Lipinski definition) is 1. The lowest BCUT2D eigenvalue weighted by molar-refractivity contribution is 0.295. The number of aromatic nitrogens is 3. The molecule has 0 bridgehead atoms. The maximum atomic E-state index is 5.63. The van der Waals surface area contributed by atoms with Gasteiger partial charge in [-0.25, -0.2) is 0 Å². The van der Waals surface area contributed by atoms with Gasteiger partial charge in [0.15, 0.2) is 5.82 Å². The highest BCUT2D eigenvalue weighted by Crippen LogP contribution is 2.11. The molecule has 0 spiro atoms. The Morgan fingerprint density at radius 3 is 2.56 bits per heavy atom. The third kappa shape index (κ3) is 2.80. The predicted octanol–water partition coefficient (Wildman–Crippen LogP) is 1.69. The molecule has 1 aromatic heterocycles. The van der Waals surface area contributed by atoms with E-state index in [0.29, 0.717) is 5.82 Å². The van der Waals surface area contributed by atoms with E-state index in [9.17, 15) is 0 Å². The zero-order chi connectivity index (χ0) is 11.4. The molecule has 2 rings (SSSR count). The number of halogens is 1. The first-order valence-corrected chi connectivity index (χ1v) is 4.95. The van der Waals surface area contributed by atoms with Crippen molar-refractivity contribution >= 4 is 17.5 Å². The van der Waals surface area contributed by atoms with E-state index in [4.69, 9.17) is 22.1 Å². The number of para-hydroxylation sites is 1. The van der Waals surface area contributed by atoms with Crippen LogP contribution in [0, 0.1) is 0 Å². The van der Waals surface area contributed by atoms with Gasteiger partial charge in [-0.15, -0.1) is 0 Å². The predicted molar refractivity (Wildman–Crippen MR) is 60.0 cm³/mol. The molecule has 0 unspecified atom stereocenters. The van der Waals surface area contributed by atoms with E-state index in [0.717, 1.165) is 5.75 Å². The van der Waals surface area contributed by atoms with Crippen LogP contribution in [0.4, 0.5) is 5.95 Å². The minimum Gasteiger partial charge on any atom is -0.486 e. The summed E-state index contributed by atoms with van der Waals surface area (Å²) in [6.45, 7) is 0.205. The van der Waals surface area contributed by atoms with Gasteiger partial charge in [-0.3, -0.25) is 0 Å². The van der Waals surface area contributed by atoms with Crippen molar-refractivity contribution in [1.29, 1.82) is 0 Å². The van der Waals surface area contributed by atoms with E-state index >= 15 is 0 Å². The van der Waals surface area contributed by atoms with Gasteiger partial charge < -0.3 is 10.5 Å². The molecule has 0 saturated heterocycles. The van der Waals surface area contributed by atoms with E-state index in [2.05, 4.69) is 15.0 Å². The molecule has 1 aromatic carbocycles. The zero-order valence-corrected chi connectivity index (χ0v) is 9.05. The molecule has 2 N–H and O–H groups in total. The average Bonchev–Trinajstić information content (AvgIpc) is 2.27. The molecule has 0 aliphatic heterocycles. The van der Waals surface area contributed by atoms with E-state index in [1.807, 2.05) is 30.3 Å². The first kappa shape index (κ1) is 10.6. The summed E-state index contributed by atoms with van der Waals surface area (Å²) in [5.41, 5.74) is 5.43. The summed E-state index contributed by atoms with van der Waals surface area (Å²) in [6, 6.07) is 9.34. The molecule has 0 aliphatic carbocycles. The maximum absolute atomic E-state index is 5.63. The second-order valence-corrected chi connectivity index (χ2v) is 3.32. The van der Waals surface area contributed by atoms with Crippen molar-refractivity contribution in [1.82, 2.24) is 15.0 Å². The number of rotatable bonds is 3. The molecule has 0 atom stereocenters. The minimum atomic E-state index is 0.0687. The topological polar surface area (TPSA) is 73.9 Å². The quantitative estimate of drug-likeness (QED) is 0.878. The Balaban J connectivity index is 2.05. The average molecular weight is 237 g/mol. The molecule has 0 aliphatic rings. The van der Waals surface area contributed by atoms with E-state index in [-0.39, 0.29) is 17.8 Å². The fourth-order valence-electron chi connectivity index (χ4n) is 1.14. The van der Waals surface area contributed by atoms with Crippen LogP contribution in [0.2, 0.25) is 5.28 Å². The van der Waals surface area contributed by atoms with Gasteiger partial charge in [0.2, 0.25) is 11.2 Å². The third-order valence-corrected chi connectivity index (χ3v) is 1.95. The monoisotopic (exact) mass is 236 g/mol. The number of ether oxygens (including phenoxy) is 1. The molecular formula is C10H9ClN4O. The molecular weight excluding hydrogens is 228 g/mol. The van der Waals surface area contributed by atoms with Crippen LogP contribution >= 0.6 is 11.6 Å². The van der Waals surface area contributed by atoms with Crippen molar-refractivity contribution in [3.63, 3.8) is 0 Å². The molecule has 1 heterocycles. The van der Waals surface area contributed by atoms with Crippen molar-refractivity contribution < 1.29 is 4.74 Å². The summed E-state index contributed by atoms with van der Waals surface area (Å²) in [5.74, 6) is 1.23. The smallest absolute Gasteiger partial charge is 0.227 e. The molecule has 6 heteroatoms. The number of nitrogens with zero attached hydrogens (tertiary/aromatic N) is 3. The Kier molecular flexibility index (Phi) is 3.16. The van der Waals surface area contributed by atoms with Crippen LogP contribution in [0.25, 0.3) is 0 Å².